The molecule has 0 aromatic heterocycles. The fourth-order valence-electron chi connectivity index (χ4n) is 2.80. The van der Waals surface area contributed by atoms with E-state index in [1.54, 1.807) is 0 Å². The summed E-state index contributed by atoms with van der Waals surface area (Å²) in [5.41, 5.74) is 4.28. The molecule has 4 heteroatoms. The molecule has 0 fully saturated rings. The minimum Gasteiger partial charge on any atom is -0.378 e. The molecule has 2 N–H and O–H groups in total. The first-order chi connectivity index (χ1) is 10.6. The van der Waals surface area contributed by atoms with Crippen LogP contribution in [0.3, 0.4) is 0 Å². The van der Waals surface area contributed by atoms with E-state index >= 15 is 0 Å². The molecule has 1 heterocycles. The summed E-state index contributed by atoms with van der Waals surface area (Å²) < 4.78 is 0. The summed E-state index contributed by atoms with van der Waals surface area (Å²) in [5, 5.41) is 6.34. The highest BCUT2D eigenvalue weighted by Crippen LogP contribution is 2.25. The molecular formula is C18H21N3O. The zero-order valence-electron chi connectivity index (χ0n) is 13.0. The number of anilines is 2. The summed E-state index contributed by atoms with van der Waals surface area (Å²) in [6, 6.07) is 16.0. The number of hydrogen-bond donors (Lipinski definition) is 2. The van der Waals surface area contributed by atoms with Crippen LogP contribution in [0.25, 0.3) is 0 Å². The summed E-state index contributed by atoms with van der Waals surface area (Å²) in [6.07, 6.45) is 0. The minimum absolute atomic E-state index is 0.0391. The predicted octanol–water partition coefficient (Wildman–Crippen LogP) is 2.58. The van der Waals surface area contributed by atoms with Crippen LogP contribution in [0.1, 0.15) is 17.0 Å². The molecule has 2 aromatic carbocycles. The van der Waals surface area contributed by atoms with Crippen molar-refractivity contribution < 1.29 is 4.79 Å². The average Bonchev–Trinajstić information content (AvgIpc) is 2.54. The summed E-state index contributed by atoms with van der Waals surface area (Å²) in [5.74, 6) is -0.101. The van der Waals surface area contributed by atoms with E-state index in [1.807, 2.05) is 55.4 Å². The number of nitrogens with zero attached hydrogens (tertiary/aromatic N) is 1. The van der Waals surface area contributed by atoms with Gasteiger partial charge in [-0.05, 0) is 35.4 Å². The highest BCUT2D eigenvalue weighted by atomic mass is 16.1. The van der Waals surface area contributed by atoms with E-state index in [4.69, 9.17) is 0 Å². The molecule has 1 atom stereocenters. The third-order valence-corrected chi connectivity index (χ3v) is 4.06. The Balaban J connectivity index is 1.75. The van der Waals surface area contributed by atoms with Crippen molar-refractivity contribution in [3.63, 3.8) is 0 Å². The Labute approximate surface area is 131 Å². The summed E-state index contributed by atoms with van der Waals surface area (Å²) in [7, 11) is 4.00. The second-order valence-corrected chi connectivity index (χ2v) is 5.81. The Bertz CT molecular complexity index is 664. The van der Waals surface area contributed by atoms with Crippen molar-refractivity contribution in [2.45, 2.75) is 12.5 Å². The molecule has 0 saturated heterocycles. The minimum atomic E-state index is -0.140. The summed E-state index contributed by atoms with van der Waals surface area (Å²) in [4.78, 5) is 14.6. The lowest BCUT2D eigenvalue weighted by Gasteiger charge is -2.25. The first kappa shape index (κ1) is 14.6. The highest BCUT2D eigenvalue weighted by Gasteiger charge is 2.25. The van der Waals surface area contributed by atoms with Gasteiger partial charge in [0.1, 0.15) is 0 Å². The number of carbonyl (C=O) groups is 1. The normalized spacial score (nSPS) is 16.7. The molecule has 3 rings (SSSR count). The van der Waals surface area contributed by atoms with E-state index in [-0.39, 0.29) is 11.8 Å². The topological polar surface area (TPSA) is 44.4 Å². The van der Waals surface area contributed by atoms with E-state index in [2.05, 4.69) is 22.8 Å². The lowest BCUT2D eigenvalue weighted by Crippen LogP contribution is -2.35. The molecule has 114 valence electrons. The van der Waals surface area contributed by atoms with E-state index in [0.29, 0.717) is 6.54 Å². The van der Waals surface area contributed by atoms with Gasteiger partial charge in [-0.15, -0.1) is 0 Å². The Hall–Kier alpha value is -2.33. The van der Waals surface area contributed by atoms with Gasteiger partial charge in [0, 0.05) is 38.6 Å². The van der Waals surface area contributed by atoms with E-state index in [1.165, 1.54) is 5.56 Å². The highest BCUT2D eigenvalue weighted by molar-refractivity contribution is 5.96. The average molecular weight is 295 g/mol. The van der Waals surface area contributed by atoms with Crippen LogP contribution in [0.15, 0.2) is 48.5 Å². The van der Waals surface area contributed by atoms with Gasteiger partial charge >= 0.3 is 0 Å². The Morgan fingerprint density at radius 2 is 1.86 bits per heavy atom. The molecule has 4 nitrogen and oxygen atoms in total. The van der Waals surface area contributed by atoms with Crippen LogP contribution in [-0.4, -0.2) is 26.5 Å². The van der Waals surface area contributed by atoms with Crippen LogP contribution in [0.5, 0.6) is 0 Å². The van der Waals surface area contributed by atoms with E-state index in [9.17, 15) is 4.79 Å². The molecule has 1 amide bonds. The smallest absolute Gasteiger partial charge is 0.233 e. The maximum atomic E-state index is 12.6. The van der Waals surface area contributed by atoms with Crippen LogP contribution >= 0.6 is 0 Å². The first-order valence-electron chi connectivity index (χ1n) is 7.52. The van der Waals surface area contributed by atoms with Crippen LogP contribution in [0.2, 0.25) is 0 Å². The van der Waals surface area contributed by atoms with Crippen molar-refractivity contribution in [1.29, 1.82) is 0 Å². The summed E-state index contributed by atoms with van der Waals surface area (Å²) >= 11 is 0. The molecule has 0 saturated carbocycles. The third-order valence-electron chi connectivity index (χ3n) is 4.06. The number of amides is 1. The van der Waals surface area contributed by atoms with Gasteiger partial charge in [0.15, 0.2) is 0 Å². The zero-order chi connectivity index (χ0) is 15.5. The van der Waals surface area contributed by atoms with Gasteiger partial charge in [0.25, 0.3) is 0 Å². The molecule has 0 spiro atoms. The molecular weight excluding hydrogens is 274 g/mol. The molecule has 2 aromatic rings. The van der Waals surface area contributed by atoms with Gasteiger partial charge in [-0.2, -0.15) is 0 Å². The lowest BCUT2D eigenvalue weighted by molar-refractivity contribution is -0.117. The number of rotatable bonds is 3. The molecule has 1 unspecified atom stereocenters. The number of fused-ring (bicyclic) bond motifs is 1. The second kappa shape index (κ2) is 6.20. The Morgan fingerprint density at radius 3 is 2.59 bits per heavy atom. The van der Waals surface area contributed by atoms with Gasteiger partial charge in [-0.25, -0.2) is 0 Å². The number of nitrogens with one attached hydrogen (secondary N) is 2. The quantitative estimate of drug-likeness (QED) is 0.915. The SMILES string of the molecule is CN(C)c1ccc(NC(=O)C2CNCc3ccccc32)cc1. The van der Waals surface area contributed by atoms with Gasteiger partial charge in [0.2, 0.25) is 5.91 Å². The first-order valence-corrected chi connectivity index (χ1v) is 7.52. The van der Waals surface area contributed by atoms with Gasteiger partial charge in [0.05, 0.1) is 5.92 Å². The van der Waals surface area contributed by atoms with E-state index in [0.717, 1.165) is 23.5 Å². The van der Waals surface area contributed by atoms with E-state index < -0.39 is 0 Å². The van der Waals surface area contributed by atoms with Crippen molar-refractivity contribution in [2.24, 2.45) is 0 Å². The molecule has 1 aliphatic rings. The lowest BCUT2D eigenvalue weighted by atomic mass is 9.90. The Morgan fingerprint density at radius 1 is 1.14 bits per heavy atom. The van der Waals surface area contributed by atoms with Crippen molar-refractivity contribution in [1.82, 2.24) is 5.32 Å². The van der Waals surface area contributed by atoms with Crippen molar-refractivity contribution in [2.75, 3.05) is 30.9 Å². The number of hydrogen-bond acceptors (Lipinski definition) is 3. The maximum Gasteiger partial charge on any atom is 0.233 e. The monoisotopic (exact) mass is 295 g/mol. The van der Waals surface area contributed by atoms with Crippen molar-refractivity contribution in [3.05, 3.63) is 59.7 Å². The molecule has 0 radical (unpaired) electrons. The van der Waals surface area contributed by atoms with Gasteiger partial charge in [-0.1, -0.05) is 24.3 Å². The predicted molar refractivity (Wildman–Crippen MR) is 90.3 cm³/mol. The fraction of sp³-hybridized carbons (Fsp3) is 0.278. The maximum absolute atomic E-state index is 12.6. The fourth-order valence-corrected chi connectivity index (χ4v) is 2.80. The van der Waals surface area contributed by atoms with Crippen LogP contribution < -0.4 is 15.5 Å². The largest absolute Gasteiger partial charge is 0.378 e. The van der Waals surface area contributed by atoms with Crippen molar-refractivity contribution >= 4 is 17.3 Å². The second-order valence-electron chi connectivity index (χ2n) is 5.81. The Kier molecular flexibility index (Phi) is 4.11. The standard InChI is InChI=1S/C18H21N3O/c1-21(2)15-9-7-14(8-10-15)20-18(22)17-12-19-11-13-5-3-4-6-16(13)17/h3-10,17,19H,11-12H2,1-2H3,(H,20,22). The third kappa shape index (κ3) is 2.97. The summed E-state index contributed by atoms with van der Waals surface area (Å²) in [6.45, 7) is 1.51. The molecule has 22 heavy (non-hydrogen) atoms. The van der Waals surface area contributed by atoms with Crippen molar-refractivity contribution in [3.8, 4) is 0 Å². The number of benzene rings is 2. The zero-order valence-corrected chi connectivity index (χ0v) is 13.0. The molecule has 0 aliphatic carbocycles. The molecule has 0 bridgehead atoms. The van der Waals surface area contributed by atoms with Crippen LogP contribution in [0, 0.1) is 0 Å². The van der Waals surface area contributed by atoms with Gasteiger partial charge in [-0.3, -0.25) is 4.79 Å². The molecule has 1 aliphatic heterocycles. The van der Waals surface area contributed by atoms with Crippen LogP contribution in [0.4, 0.5) is 11.4 Å². The van der Waals surface area contributed by atoms with Gasteiger partial charge < -0.3 is 15.5 Å². The van der Waals surface area contributed by atoms with Crippen LogP contribution in [-0.2, 0) is 11.3 Å². The number of carbonyl (C=O) groups excluding carboxylic acids is 1.